The summed E-state index contributed by atoms with van der Waals surface area (Å²) in [5.41, 5.74) is 2.31. The highest BCUT2D eigenvalue weighted by Crippen LogP contribution is 2.22. The average Bonchev–Trinajstić information content (AvgIpc) is 2.89. The molecule has 0 saturated heterocycles. The van der Waals surface area contributed by atoms with Crippen LogP contribution in [0.4, 0.5) is 5.69 Å². The van der Waals surface area contributed by atoms with E-state index in [1.807, 2.05) is 38.1 Å². The second-order valence-electron chi connectivity index (χ2n) is 9.85. The van der Waals surface area contributed by atoms with Crippen molar-refractivity contribution in [3.05, 3.63) is 65.7 Å². The average molecular weight is 529 g/mol. The Morgan fingerprint density at radius 3 is 2.19 bits per heavy atom. The summed E-state index contributed by atoms with van der Waals surface area (Å²) in [6, 6.07) is 15.7. The number of para-hydroxylation sites is 1. The summed E-state index contributed by atoms with van der Waals surface area (Å²) in [6.07, 6.45) is 5.65. The second-order valence-corrected chi connectivity index (χ2v) is 11.9. The quantitative estimate of drug-likeness (QED) is 0.480. The van der Waals surface area contributed by atoms with Crippen LogP contribution >= 0.6 is 0 Å². The Hall–Kier alpha value is -2.91. The minimum absolute atomic E-state index is 0.112. The van der Waals surface area contributed by atoms with Gasteiger partial charge in [0.2, 0.25) is 11.8 Å². The van der Waals surface area contributed by atoms with Gasteiger partial charge in [0.1, 0.15) is 12.6 Å². The normalized spacial score (nSPS) is 15.3. The van der Waals surface area contributed by atoms with Crippen LogP contribution in [-0.2, 0) is 26.3 Å². The van der Waals surface area contributed by atoms with Crippen molar-refractivity contribution in [1.82, 2.24) is 14.5 Å². The van der Waals surface area contributed by atoms with Gasteiger partial charge in [0.25, 0.3) is 0 Å². The molecule has 0 heterocycles. The molecular weight excluding hydrogens is 488 g/mol. The van der Waals surface area contributed by atoms with Crippen molar-refractivity contribution >= 4 is 27.7 Å². The predicted molar refractivity (Wildman–Crippen MR) is 147 cm³/mol. The minimum atomic E-state index is -3.96. The van der Waals surface area contributed by atoms with Gasteiger partial charge < -0.3 is 10.2 Å². The number of anilines is 1. The molecule has 0 unspecified atom stereocenters. The van der Waals surface area contributed by atoms with Crippen molar-refractivity contribution in [2.75, 3.05) is 24.9 Å². The number of benzene rings is 2. The lowest BCUT2D eigenvalue weighted by molar-refractivity contribution is -0.140. The number of nitrogens with one attached hydrogen (secondary N) is 1. The van der Waals surface area contributed by atoms with E-state index in [9.17, 15) is 18.0 Å². The lowest BCUT2D eigenvalue weighted by atomic mass is 9.95. The molecule has 1 aliphatic rings. The smallest absolute Gasteiger partial charge is 0.304 e. The zero-order valence-corrected chi connectivity index (χ0v) is 23.2. The summed E-state index contributed by atoms with van der Waals surface area (Å²) in [7, 11) is -1.08. The predicted octanol–water partition coefficient (Wildman–Crippen LogP) is 3.86. The van der Waals surface area contributed by atoms with E-state index in [0.29, 0.717) is 12.1 Å². The monoisotopic (exact) mass is 528 g/mol. The van der Waals surface area contributed by atoms with Crippen molar-refractivity contribution in [1.29, 1.82) is 0 Å². The molecule has 0 spiro atoms. The number of amides is 2. The van der Waals surface area contributed by atoms with Crippen LogP contribution in [0.25, 0.3) is 0 Å². The van der Waals surface area contributed by atoms with Crippen LogP contribution in [0.15, 0.2) is 54.6 Å². The third-order valence-corrected chi connectivity index (χ3v) is 8.82. The molecule has 3 rings (SSSR count). The molecule has 2 aromatic rings. The molecule has 37 heavy (non-hydrogen) atoms. The number of carbonyl (C=O) groups is 2. The van der Waals surface area contributed by atoms with Gasteiger partial charge in [-0.15, -0.1) is 0 Å². The van der Waals surface area contributed by atoms with Gasteiger partial charge in [0.15, 0.2) is 0 Å². The molecule has 1 aliphatic carbocycles. The zero-order valence-electron chi connectivity index (χ0n) is 22.4. The number of hydrogen-bond donors (Lipinski definition) is 1. The fourth-order valence-corrected chi connectivity index (χ4v) is 5.80. The highest BCUT2D eigenvalue weighted by Gasteiger charge is 2.34. The van der Waals surface area contributed by atoms with Gasteiger partial charge in [-0.3, -0.25) is 9.59 Å². The van der Waals surface area contributed by atoms with E-state index < -0.39 is 28.7 Å². The third kappa shape index (κ3) is 7.32. The van der Waals surface area contributed by atoms with E-state index in [-0.39, 0.29) is 18.5 Å². The van der Waals surface area contributed by atoms with Gasteiger partial charge in [-0.2, -0.15) is 12.7 Å². The van der Waals surface area contributed by atoms with Crippen molar-refractivity contribution in [3.63, 3.8) is 0 Å². The SMILES string of the molecule is CC[C@@H](C(=O)NC1CCCCC1)N(Cc1ccccc1C)C(=O)CN(c1ccccc1)S(=O)(=O)N(C)C. The summed E-state index contributed by atoms with van der Waals surface area (Å²) in [5.74, 6) is -0.610. The first-order valence-electron chi connectivity index (χ1n) is 13.0. The van der Waals surface area contributed by atoms with E-state index in [1.165, 1.54) is 20.5 Å². The summed E-state index contributed by atoms with van der Waals surface area (Å²) in [5, 5.41) is 3.17. The summed E-state index contributed by atoms with van der Waals surface area (Å²) in [6.45, 7) is 3.65. The van der Waals surface area contributed by atoms with Crippen LogP contribution in [-0.4, -0.2) is 62.2 Å². The van der Waals surface area contributed by atoms with E-state index in [4.69, 9.17) is 0 Å². The van der Waals surface area contributed by atoms with Gasteiger partial charge in [-0.1, -0.05) is 68.7 Å². The molecule has 0 radical (unpaired) electrons. The molecule has 1 atom stereocenters. The maximum absolute atomic E-state index is 13.9. The van der Waals surface area contributed by atoms with Crippen LogP contribution in [0.1, 0.15) is 56.6 Å². The molecule has 0 aliphatic heterocycles. The van der Waals surface area contributed by atoms with Crippen molar-refractivity contribution in [3.8, 4) is 0 Å². The van der Waals surface area contributed by atoms with E-state index in [2.05, 4.69) is 5.32 Å². The molecule has 2 amide bonds. The fraction of sp³-hybridized carbons (Fsp3) is 0.500. The Balaban J connectivity index is 1.95. The van der Waals surface area contributed by atoms with Crippen molar-refractivity contribution < 1.29 is 18.0 Å². The van der Waals surface area contributed by atoms with E-state index in [0.717, 1.165) is 45.4 Å². The Bertz CT molecular complexity index is 1150. The number of aryl methyl sites for hydroxylation is 1. The van der Waals surface area contributed by atoms with Gasteiger partial charge >= 0.3 is 10.2 Å². The molecule has 0 bridgehead atoms. The molecular formula is C28H40N4O4S. The molecule has 8 nitrogen and oxygen atoms in total. The minimum Gasteiger partial charge on any atom is -0.352 e. The van der Waals surface area contributed by atoms with E-state index >= 15 is 0 Å². The lowest BCUT2D eigenvalue weighted by Crippen LogP contribution is -2.54. The fourth-order valence-electron chi connectivity index (χ4n) is 4.75. The Labute approximate surface area is 221 Å². The molecule has 1 N–H and O–H groups in total. The standard InChI is InChI=1S/C28H40N4O4S/c1-5-26(28(34)29-24-16-8-6-9-17-24)31(20-23-15-13-12-14-22(23)2)27(33)21-32(37(35,36)30(3)4)25-18-10-7-11-19-25/h7,10-15,18-19,24,26H,5-6,8-9,16-17,20-21H2,1-4H3,(H,29,34)/t26-/m0/s1. The van der Waals surface area contributed by atoms with Gasteiger partial charge in [-0.25, -0.2) is 4.31 Å². The van der Waals surface area contributed by atoms with Crippen molar-refractivity contribution in [2.45, 2.75) is 71.0 Å². The van der Waals surface area contributed by atoms with E-state index in [1.54, 1.807) is 35.2 Å². The Morgan fingerprint density at radius 2 is 1.59 bits per heavy atom. The second kappa shape index (κ2) is 13.1. The van der Waals surface area contributed by atoms with Crippen LogP contribution in [0.5, 0.6) is 0 Å². The van der Waals surface area contributed by atoms with Crippen LogP contribution in [0, 0.1) is 6.92 Å². The van der Waals surface area contributed by atoms with Crippen molar-refractivity contribution in [2.24, 2.45) is 0 Å². The summed E-state index contributed by atoms with van der Waals surface area (Å²) >= 11 is 0. The molecule has 2 aromatic carbocycles. The summed E-state index contributed by atoms with van der Waals surface area (Å²) < 4.78 is 28.7. The third-order valence-electron chi connectivity index (χ3n) is 7.00. The summed E-state index contributed by atoms with van der Waals surface area (Å²) in [4.78, 5) is 29.0. The van der Waals surface area contributed by atoms with Gasteiger partial charge in [0, 0.05) is 26.7 Å². The zero-order chi connectivity index (χ0) is 27.0. The highest BCUT2D eigenvalue weighted by atomic mass is 32.2. The maximum Gasteiger partial charge on any atom is 0.304 e. The molecule has 202 valence electrons. The van der Waals surface area contributed by atoms with Gasteiger partial charge in [-0.05, 0) is 49.4 Å². The lowest BCUT2D eigenvalue weighted by Gasteiger charge is -2.35. The van der Waals surface area contributed by atoms with Crippen LogP contribution in [0.3, 0.4) is 0 Å². The van der Waals surface area contributed by atoms with Gasteiger partial charge in [0.05, 0.1) is 5.69 Å². The maximum atomic E-state index is 13.9. The largest absolute Gasteiger partial charge is 0.352 e. The first kappa shape index (κ1) is 28.7. The molecule has 0 aromatic heterocycles. The van der Waals surface area contributed by atoms with Crippen LogP contribution < -0.4 is 9.62 Å². The van der Waals surface area contributed by atoms with Crippen LogP contribution in [0.2, 0.25) is 0 Å². The highest BCUT2D eigenvalue weighted by molar-refractivity contribution is 7.90. The number of hydrogen-bond acceptors (Lipinski definition) is 4. The number of nitrogens with zero attached hydrogens (tertiary/aromatic N) is 3. The Morgan fingerprint density at radius 1 is 0.973 bits per heavy atom. The Kier molecular flexibility index (Phi) is 10.1. The number of carbonyl (C=O) groups excluding carboxylic acids is 2. The first-order valence-corrected chi connectivity index (χ1v) is 14.4. The molecule has 1 fully saturated rings. The topological polar surface area (TPSA) is 90.0 Å². The molecule has 1 saturated carbocycles. The number of rotatable bonds is 11. The first-order chi connectivity index (χ1) is 17.6. The molecule has 9 heteroatoms.